The second-order valence-corrected chi connectivity index (χ2v) is 13.8. The predicted octanol–water partition coefficient (Wildman–Crippen LogP) is 5.91. The van der Waals surface area contributed by atoms with E-state index in [0.717, 1.165) is 15.0 Å². The molecule has 0 aliphatic heterocycles. The van der Waals surface area contributed by atoms with Gasteiger partial charge in [0.1, 0.15) is 5.82 Å². The quantitative estimate of drug-likeness (QED) is 0.311. The third-order valence-corrected chi connectivity index (χ3v) is 10.1. The maximum absolute atomic E-state index is 6.45. The first-order chi connectivity index (χ1) is 11.6. The van der Waals surface area contributed by atoms with Crippen LogP contribution in [0.15, 0.2) is 36.5 Å². The van der Waals surface area contributed by atoms with Gasteiger partial charge in [0, 0.05) is 6.20 Å². The van der Waals surface area contributed by atoms with Crippen molar-refractivity contribution in [2.45, 2.75) is 44.9 Å². The van der Waals surface area contributed by atoms with E-state index in [9.17, 15) is 0 Å². The summed E-state index contributed by atoms with van der Waals surface area (Å²) in [5, 5.41) is 3.89. The number of rotatable bonds is 6. The summed E-state index contributed by atoms with van der Waals surface area (Å²) in [6.45, 7) is 11.9. The number of halogens is 2. The van der Waals surface area contributed by atoms with Crippen molar-refractivity contribution in [3.63, 3.8) is 0 Å². The monoisotopic (exact) mass is 489 g/mol. The molecule has 136 valence electrons. The zero-order valence-corrected chi connectivity index (χ0v) is 19.2. The molecular formula is C18H25ClIN3OSi. The van der Waals surface area contributed by atoms with Crippen molar-refractivity contribution in [2.24, 2.45) is 0 Å². The summed E-state index contributed by atoms with van der Waals surface area (Å²) in [5.41, 5.74) is 1.16. The molecule has 0 aliphatic rings. The second kappa shape index (κ2) is 8.33. The Morgan fingerprint density at radius 1 is 1.24 bits per heavy atom. The Morgan fingerprint density at radius 2 is 1.88 bits per heavy atom. The van der Waals surface area contributed by atoms with Crippen LogP contribution in [-0.2, 0) is 4.43 Å². The minimum Gasteiger partial charge on any atom is -0.414 e. The summed E-state index contributed by atoms with van der Waals surface area (Å²) in [7, 11) is -1.84. The first-order valence-electron chi connectivity index (χ1n) is 8.23. The number of nitrogens with zero attached hydrogens (tertiary/aromatic N) is 2. The molecule has 0 amide bonds. The average molecular weight is 490 g/mol. The number of aromatic nitrogens is 2. The van der Waals surface area contributed by atoms with Crippen molar-refractivity contribution >= 4 is 48.3 Å². The van der Waals surface area contributed by atoms with Crippen LogP contribution in [0.3, 0.4) is 0 Å². The van der Waals surface area contributed by atoms with Crippen molar-refractivity contribution < 1.29 is 4.43 Å². The molecule has 1 atom stereocenters. The van der Waals surface area contributed by atoms with E-state index in [1.54, 1.807) is 6.20 Å². The summed E-state index contributed by atoms with van der Waals surface area (Å²) in [6.07, 6.45) is 1.72. The van der Waals surface area contributed by atoms with E-state index in [1.807, 2.05) is 18.2 Å². The Hall–Kier alpha value is -0.703. The molecule has 0 aliphatic carbocycles. The number of hydrogen-bond donors (Lipinski definition) is 1. The number of benzene rings is 1. The van der Waals surface area contributed by atoms with Crippen molar-refractivity contribution in [1.82, 2.24) is 9.97 Å². The lowest BCUT2D eigenvalue weighted by Crippen LogP contribution is -2.42. The Balaban J connectivity index is 2.24. The topological polar surface area (TPSA) is 47.0 Å². The van der Waals surface area contributed by atoms with Crippen LogP contribution >= 0.6 is 34.2 Å². The minimum absolute atomic E-state index is 0.00481. The van der Waals surface area contributed by atoms with E-state index in [-0.39, 0.29) is 16.4 Å². The van der Waals surface area contributed by atoms with E-state index in [4.69, 9.17) is 16.0 Å². The third-order valence-electron chi connectivity index (χ3n) is 4.64. The van der Waals surface area contributed by atoms with Crippen LogP contribution in [0.4, 0.5) is 5.82 Å². The van der Waals surface area contributed by atoms with Gasteiger partial charge in [0.2, 0.25) is 5.28 Å². The minimum atomic E-state index is -1.84. The van der Waals surface area contributed by atoms with Crippen molar-refractivity contribution in [2.75, 3.05) is 11.9 Å². The Kier molecular flexibility index (Phi) is 6.86. The van der Waals surface area contributed by atoms with E-state index >= 15 is 0 Å². The molecule has 1 N–H and O–H groups in total. The zero-order chi connectivity index (χ0) is 18.7. The third kappa shape index (κ3) is 5.64. The van der Waals surface area contributed by atoms with Crippen LogP contribution in [0.1, 0.15) is 32.4 Å². The normalized spacial score (nSPS) is 13.6. The standard InChI is InChI=1S/C18H25ClIN3OSi/c1-18(2,3)25(4,5)24-12-15(13-9-7-6-8-10-13)22-16-14(20)11-21-17(19)23-16/h6-11,15H,12H2,1-5H3,(H,21,22,23). The van der Waals surface area contributed by atoms with Gasteiger partial charge in [0.15, 0.2) is 8.32 Å². The highest BCUT2D eigenvalue weighted by molar-refractivity contribution is 14.1. The molecular weight excluding hydrogens is 465 g/mol. The number of nitrogens with one attached hydrogen (secondary N) is 1. The highest BCUT2D eigenvalue weighted by Gasteiger charge is 2.37. The fraction of sp³-hybridized carbons (Fsp3) is 0.444. The van der Waals surface area contributed by atoms with Crippen LogP contribution in [0.5, 0.6) is 0 Å². The van der Waals surface area contributed by atoms with Crippen molar-refractivity contribution in [3.8, 4) is 0 Å². The van der Waals surface area contributed by atoms with Gasteiger partial charge in [-0.05, 0) is 57.9 Å². The molecule has 2 aromatic rings. The van der Waals surface area contributed by atoms with Gasteiger partial charge in [-0.1, -0.05) is 51.1 Å². The molecule has 1 aromatic carbocycles. The first-order valence-corrected chi connectivity index (χ1v) is 12.6. The second-order valence-electron chi connectivity index (χ2n) is 7.51. The van der Waals surface area contributed by atoms with Crippen LogP contribution in [0.2, 0.25) is 23.4 Å². The molecule has 0 saturated heterocycles. The maximum Gasteiger partial charge on any atom is 0.224 e. The van der Waals surface area contributed by atoms with Gasteiger partial charge in [-0.25, -0.2) is 4.98 Å². The number of anilines is 1. The highest BCUT2D eigenvalue weighted by atomic mass is 127. The lowest BCUT2D eigenvalue weighted by Gasteiger charge is -2.37. The first kappa shape index (κ1) is 20.6. The van der Waals surface area contributed by atoms with Gasteiger partial charge in [0.25, 0.3) is 0 Å². The largest absolute Gasteiger partial charge is 0.414 e. The van der Waals surface area contributed by atoms with Gasteiger partial charge < -0.3 is 9.74 Å². The van der Waals surface area contributed by atoms with Crippen LogP contribution in [-0.4, -0.2) is 24.9 Å². The zero-order valence-electron chi connectivity index (χ0n) is 15.3. The predicted molar refractivity (Wildman–Crippen MR) is 116 cm³/mol. The molecule has 2 rings (SSSR count). The van der Waals surface area contributed by atoms with E-state index in [0.29, 0.717) is 6.61 Å². The smallest absolute Gasteiger partial charge is 0.224 e. The molecule has 4 nitrogen and oxygen atoms in total. The summed E-state index contributed by atoms with van der Waals surface area (Å²) in [5.74, 6) is 0.730. The van der Waals surface area contributed by atoms with Crippen LogP contribution in [0.25, 0.3) is 0 Å². The van der Waals surface area contributed by atoms with Gasteiger partial charge in [-0.2, -0.15) is 4.98 Å². The Morgan fingerprint density at radius 3 is 2.48 bits per heavy atom. The van der Waals surface area contributed by atoms with E-state index in [1.165, 1.54) is 0 Å². The lowest BCUT2D eigenvalue weighted by molar-refractivity contribution is 0.271. The molecule has 0 radical (unpaired) electrons. The fourth-order valence-electron chi connectivity index (χ4n) is 2.03. The van der Waals surface area contributed by atoms with Crippen molar-refractivity contribution in [1.29, 1.82) is 0 Å². The molecule has 1 aromatic heterocycles. The molecule has 0 fully saturated rings. The average Bonchev–Trinajstić information content (AvgIpc) is 2.54. The van der Waals surface area contributed by atoms with E-state index < -0.39 is 8.32 Å². The summed E-state index contributed by atoms with van der Waals surface area (Å²) < 4.78 is 7.38. The highest BCUT2D eigenvalue weighted by Crippen LogP contribution is 2.37. The summed E-state index contributed by atoms with van der Waals surface area (Å²) >= 11 is 8.17. The van der Waals surface area contributed by atoms with E-state index in [2.05, 4.69) is 83.9 Å². The molecule has 0 spiro atoms. The Labute approximate surface area is 170 Å². The summed E-state index contributed by atoms with van der Waals surface area (Å²) in [6, 6.07) is 10.3. The van der Waals surface area contributed by atoms with Gasteiger partial charge in [0.05, 0.1) is 16.2 Å². The molecule has 25 heavy (non-hydrogen) atoms. The fourth-order valence-corrected chi connectivity index (χ4v) is 3.59. The molecule has 7 heteroatoms. The van der Waals surface area contributed by atoms with Gasteiger partial charge in [-0.3, -0.25) is 0 Å². The SMILES string of the molecule is CC(C)(C)[Si](C)(C)OCC(Nc1nc(Cl)ncc1I)c1ccccc1. The number of hydrogen-bond acceptors (Lipinski definition) is 4. The van der Waals surface area contributed by atoms with Gasteiger partial charge in [-0.15, -0.1) is 0 Å². The lowest BCUT2D eigenvalue weighted by atomic mass is 10.1. The molecule has 0 bridgehead atoms. The van der Waals surface area contributed by atoms with Gasteiger partial charge >= 0.3 is 0 Å². The maximum atomic E-state index is 6.45. The van der Waals surface area contributed by atoms with Crippen LogP contribution in [0, 0.1) is 3.57 Å². The Bertz CT molecular complexity index is 707. The molecule has 1 unspecified atom stereocenters. The molecule has 1 heterocycles. The summed E-state index contributed by atoms with van der Waals surface area (Å²) in [4.78, 5) is 8.34. The van der Waals surface area contributed by atoms with Crippen LogP contribution < -0.4 is 5.32 Å². The molecule has 0 saturated carbocycles. The van der Waals surface area contributed by atoms with Crippen molar-refractivity contribution in [3.05, 3.63) is 50.9 Å².